The molecule has 0 aliphatic heterocycles. The van der Waals surface area contributed by atoms with Crippen LogP contribution in [0.1, 0.15) is 37.9 Å². The molecule has 0 radical (unpaired) electrons. The minimum absolute atomic E-state index is 0.843. The van der Waals surface area contributed by atoms with E-state index in [2.05, 4.69) is 23.1 Å². The molecule has 0 saturated carbocycles. The van der Waals surface area contributed by atoms with E-state index < -0.39 is 0 Å². The van der Waals surface area contributed by atoms with E-state index in [0.717, 1.165) is 23.5 Å². The van der Waals surface area contributed by atoms with Crippen molar-refractivity contribution in [2.75, 3.05) is 0 Å². The van der Waals surface area contributed by atoms with Gasteiger partial charge in [0.25, 0.3) is 0 Å². The van der Waals surface area contributed by atoms with Crippen LogP contribution < -0.4 is 0 Å². The Hall–Kier alpha value is -1.44. The quantitative estimate of drug-likeness (QED) is 0.730. The van der Waals surface area contributed by atoms with Gasteiger partial charge in [-0.15, -0.1) is 0 Å². The molecule has 2 nitrogen and oxygen atoms in total. The number of hydrogen-bond acceptors (Lipinski definition) is 2. The lowest BCUT2D eigenvalue weighted by atomic mass is 10.2. The number of aryl methyl sites for hydroxylation is 1. The Morgan fingerprint density at radius 2 is 1.93 bits per heavy atom. The van der Waals surface area contributed by atoms with E-state index in [1.807, 2.05) is 20.8 Å². The molecule has 0 aliphatic carbocycles. The molecule has 0 aromatic carbocycles. The third kappa shape index (κ3) is 3.13. The van der Waals surface area contributed by atoms with Crippen molar-refractivity contribution in [3.05, 3.63) is 36.4 Å². The van der Waals surface area contributed by atoms with Gasteiger partial charge in [0.1, 0.15) is 5.82 Å². The fourth-order valence-corrected chi connectivity index (χ4v) is 0.934. The van der Waals surface area contributed by atoms with Gasteiger partial charge >= 0.3 is 0 Å². The molecule has 0 unspecified atom stereocenters. The number of aromatic nitrogens is 2. The third-order valence-corrected chi connectivity index (χ3v) is 1.63. The van der Waals surface area contributed by atoms with Crippen LogP contribution in [-0.2, 0) is 6.42 Å². The predicted molar refractivity (Wildman–Crippen MR) is 62.9 cm³/mol. The van der Waals surface area contributed by atoms with Crippen molar-refractivity contribution in [2.45, 2.75) is 27.2 Å². The van der Waals surface area contributed by atoms with E-state index >= 15 is 0 Å². The van der Waals surface area contributed by atoms with Gasteiger partial charge in [-0.1, -0.05) is 40.0 Å². The van der Waals surface area contributed by atoms with E-state index in [1.54, 1.807) is 18.3 Å². The normalized spacial score (nSPS) is 8.50. The first-order chi connectivity index (χ1) is 6.81. The Morgan fingerprint density at radius 3 is 2.36 bits per heavy atom. The Bertz CT molecular complexity index is 303. The van der Waals surface area contributed by atoms with Crippen LogP contribution >= 0.6 is 0 Å². The fraction of sp³-hybridized carbons (Fsp3) is 0.333. The van der Waals surface area contributed by atoms with Crippen LogP contribution in [0, 0.1) is 0 Å². The van der Waals surface area contributed by atoms with Crippen LogP contribution in [0.5, 0.6) is 0 Å². The van der Waals surface area contributed by atoms with E-state index in [4.69, 9.17) is 0 Å². The van der Waals surface area contributed by atoms with Crippen molar-refractivity contribution < 1.29 is 0 Å². The summed E-state index contributed by atoms with van der Waals surface area (Å²) in [5.74, 6) is 0.843. The van der Waals surface area contributed by atoms with Gasteiger partial charge in [0.2, 0.25) is 0 Å². The van der Waals surface area contributed by atoms with Gasteiger partial charge in [0.05, 0.1) is 5.69 Å². The second-order valence-corrected chi connectivity index (χ2v) is 2.39. The summed E-state index contributed by atoms with van der Waals surface area (Å²) < 4.78 is 0. The molecule has 1 rings (SSSR count). The van der Waals surface area contributed by atoms with Crippen LogP contribution in [0.2, 0.25) is 0 Å². The standard InChI is InChI=1S/C10H12N2.C2H6/c1-4-8-7-11-10(6-3)12-9(8)5-2;1-2/h4-5,7H,1-2,6H2,3H3;1-2H3. The zero-order valence-electron chi connectivity index (χ0n) is 9.25. The Labute approximate surface area is 86.4 Å². The first-order valence-electron chi connectivity index (χ1n) is 4.92. The number of nitrogens with zero attached hydrogens (tertiary/aromatic N) is 2. The summed E-state index contributed by atoms with van der Waals surface area (Å²) in [4.78, 5) is 8.43. The largest absolute Gasteiger partial charge is 0.241 e. The molecule has 14 heavy (non-hydrogen) atoms. The molecular weight excluding hydrogens is 172 g/mol. The minimum atomic E-state index is 0.843. The molecule has 0 spiro atoms. The monoisotopic (exact) mass is 190 g/mol. The first-order valence-corrected chi connectivity index (χ1v) is 4.92. The highest BCUT2D eigenvalue weighted by Gasteiger charge is 1.98. The highest BCUT2D eigenvalue weighted by atomic mass is 14.9. The molecular formula is C12H18N2. The molecule has 0 bridgehead atoms. The molecule has 76 valence electrons. The van der Waals surface area contributed by atoms with Crippen LogP contribution in [0.3, 0.4) is 0 Å². The lowest BCUT2D eigenvalue weighted by Crippen LogP contribution is -1.96. The van der Waals surface area contributed by atoms with Gasteiger partial charge in [-0.3, -0.25) is 0 Å². The zero-order chi connectivity index (χ0) is 11.0. The zero-order valence-corrected chi connectivity index (χ0v) is 9.25. The lowest BCUT2D eigenvalue weighted by molar-refractivity contribution is 0.931. The number of hydrogen-bond donors (Lipinski definition) is 0. The van der Waals surface area contributed by atoms with Gasteiger partial charge in [-0.2, -0.15) is 0 Å². The molecule has 0 atom stereocenters. The molecule has 1 heterocycles. The second-order valence-electron chi connectivity index (χ2n) is 2.39. The first kappa shape index (κ1) is 12.6. The smallest absolute Gasteiger partial charge is 0.128 e. The molecule has 0 N–H and O–H groups in total. The molecule has 0 fully saturated rings. The van der Waals surface area contributed by atoms with E-state index in [0.29, 0.717) is 0 Å². The summed E-state index contributed by atoms with van der Waals surface area (Å²) in [6, 6.07) is 0. The summed E-state index contributed by atoms with van der Waals surface area (Å²) in [6.45, 7) is 13.4. The summed E-state index contributed by atoms with van der Waals surface area (Å²) in [5, 5.41) is 0. The van der Waals surface area contributed by atoms with Gasteiger partial charge in [-0.05, 0) is 6.08 Å². The molecule has 0 aliphatic rings. The van der Waals surface area contributed by atoms with Gasteiger partial charge in [-0.25, -0.2) is 9.97 Å². The maximum atomic E-state index is 4.28. The molecule has 0 saturated heterocycles. The SMILES string of the molecule is C=Cc1cnc(CC)nc1C=C.CC. The Balaban J connectivity index is 0.000000791. The van der Waals surface area contributed by atoms with Crippen molar-refractivity contribution >= 4 is 12.2 Å². The highest BCUT2D eigenvalue weighted by molar-refractivity contribution is 5.59. The summed E-state index contributed by atoms with van der Waals surface area (Å²) >= 11 is 0. The van der Waals surface area contributed by atoms with E-state index in [1.165, 1.54) is 0 Å². The minimum Gasteiger partial charge on any atom is -0.241 e. The van der Waals surface area contributed by atoms with Crippen LogP contribution in [0.15, 0.2) is 19.4 Å². The predicted octanol–water partition coefficient (Wildman–Crippen LogP) is 3.35. The van der Waals surface area contributed by atoms with Crippen molar-refractivity contribution in [3.8, 4) is 0 Å². The lowest BCUT2D eigenvalue weighted by Gasteiger charge is -2.00. The molecule has 1 aromatic rings. The van der Waals surface area contributed by atoms with Crippen molar-refractivity contribution in [2.24, 2.45) is 0 Å². The maximum absolute atomic E-state index is 4.28. The Morgan fingerprint density at radius 1 is 1.29 bits per heavy atom. The van der Waals surface area contributed by atoms with Crippen LogP contribution in [0.25, 0.3) is 12.2 Å². The van der Waals surface area contributed by atoms with Crippen molar-refractivity contribution in [3.63, 3.8) is 0 Å². The van der Waals surface area contributed by atoms with E-state index in [9.17, 15) is 0 Å². The second kappa shape index (κ2) is 7.01. The summed E-state index contributed by atoms with van der Waals surface area (Å²) in [7, 11) is 0. The van der Waals surface area contributed by atoms with Gasteiger partial charge in [0, 0.05) is 18.2 Å². The topological polar surface area (TPSA) is 25.8 Å². The summed E-state index contributed by atoms with van der Waals surface area (Å²) in [6.07, 6.45) is 6.07. The maximum Gasteiger partial charge on any atom is 0.128 e. The molecule has 2 heteroatoms. The third-order valence-electron chi connectivity index (χ3n) is 1.63. The van der Waals surface area contributed by atoms with Gasteiger partial charge < -0.3 is 0 Å². The molecule has 0 amide bonds. The fourth-order valence-electron chi connectivity index (χ4n) is 0.934. The van der Waals surface area contributed by atoms with Crippen LogP contribution in [-0.4, -0.2) is 9.97 Å². The van der Waals surface area contributed by atoms with Crippen LogP contribution in [0.4, 0.5) is 0 Å². The average Bonchev–Trinajstić information content (AvgIpc) is 2.30. The van der Waals surface area contributed by atoms with Crippen molar-refractivity contribution in [1.29, 1.82) is 0 Å². The van der Waals surface area contributed by atoms with Gasteiger partial charge in [0.15, 0.2) is 0 Å². The number of rotatable bonds is 3. The average molecular weight is 190 g/mol. The molecule has 1 aromatic heterocycles. The Kier molecular flexibility index (Phi) is 6.29. The highest BCUT2D eigenvalue weighted by Crippen LogP contribution is 2.08. The van der Waals surface area contributed by atoms with Crippen molar-refractivity contribution in [1.82, 2.24) is 9.97 Å². The summed E-state index contributed by atoms with van der Waals surface area (Å²) in [5.41, 5.74) is 1.79. The van der Waals surface area contributed by atoms with E-state index in [-0.39, 0.29) is 0 Å².